The van der Waals surface area contributed by atoms with Gasteiger partial charge in [0.15, 0.2) is 11.5 Å². The maximum atomic E-state index is 13.2. The van der Waals surface area contributed by atoms with Gasteiger partial charge in [0.05, 0.1) is 11.3 Å². The van der Waals surface area contributed by atoms with E-state index < -0.39 is 0 Å². The zero-order valence-electron chi connectivity index (χ0n) is 17.8. The standard InChI is InChI=1S/C23H26N4O4S/c28-21(25-16-5-6-19-20(12-16)31-15-30-19)14-32-22-18(4-3-8-24-22)23(29)27-11-7-17(13-27)26-9-1-2-10-26/h3-6,8,12,17H,1-2,7,9-11,13-15H2,(H,25,28). The number of ether oxygens (including phenoxy) is 2. The minimum atomic E-state index is -0.173. The summed E-state index contributed by atoms with van der Waals surface area (Å²) < 4.78 is 10.6. The fourth-order valence-corrected chi connectivity index (χ4v) is 5.26. The second kappa shape index (κ2) is 9.38. The molecule has 2 amide bonds. The molecule has 168 valence electrons. The molecule has 1 unspecified atom stereocenters. The van der Waals surface area contributed by atoms with Crippen LogP contribution in [0.15, 0.2) is 41.6 Å². The van der Waals surface area contributed by atoms with Gasteiger partial charge in [-0.3, -0.25) is 14.5 Å². The summed E-state index contributed by atoms with van der Waals surface area (Å²) in [5.41, 5.74) is 1.21. The first-order valence-corrected chi connectivity index (χ1v) is 12.0. The Hall–Kier alpha value is -2.78. The van der Waals surface area contributed by atoms with Crippen LogP contribution in [-0.2, 0) is 4.79 Å². The number of amides is 2. The molecule has 2 aromatic rings. The van der Waals surface area contributed by atoms with Crippen molar-refractivity contribution in [2.45, 2.75) is 30.3 Å². The number of carbonyl (C=O) groups excluding carboxylic acids is 2. The summed E-state index contributed by atoms with van der Waals surface area (Å²) in [6.07, 6.45) is 5.18. The molecule has 1 atom stereocenters. The van der Waals surface area contributed by atoms with E-state index in [1.54, 1.807) is 36.5 Å². The Kier molecular flexibility index (Phi) is 6.18. The summed E-state index contributed by atoms with van der Waals surface area (Å²) in [5.74, 6) is 1.27. The van der Waals surface area contributed by atoms with Crippen molar-refractivity contribution >= 4 is 29.3 Å². The highest BCUT2D eigenvalue weighted by Crippen LogP contribution is 2.34. The van der Waals surface area contributed by atoms with E-state index in [0.717, 1.165) is 32.6 Å². The zero-order chi connectivity index (χ0) is 21.9. The Morgan fingerprint density at radius 2 is 1.97 bits per heavy atom. The van der Waals surface area contributed by atoms with Crippen molar-refractivity contribution < 1.29 is 19.1 Å². The molecule has 8 nitrogen and oxygen atoms in total. The Balaban J connectivity index is 1.19. The number of fused-ring (bicyclic) bond motifs is 1. The van der Waals surface area contributed by atoms with Gasteiger partial charge in [0, 0.05) is 37.1 Å². The number of hydrogen-bond donors (Lipinski definition) is 1. The summed E-state index contributed by atoms with van der Waals surface area (Å²) in [7, 11) is 0. The first-order valence-electron chi connectivity index (χ1n) is 11.0. The number of carbonyl (C=O) groups is 2. The first kappa shape index (κ1) is 21.1. The van der Waals surface area contributed by atoms with Crippen LogP contribution in [-0.4, -0.2) is 71.4 Å². The smallest absolute Gasteiger partial charge is 0.256 e. The molecule has 3 aliphatic heterocycles. The van der Waals surface area contributed by atoms with Gasteiger partial charge in [-0.2, -0.15) is 0 Å². The van der Waals surface area contributed by atoms with Gasteiger partial charge in [0.25, 0.3) is 5.91 Å². The van der Waals surface area contributed by atoms with E-state index in [1.807, 2.05) is 4.90 Å². The van der Waals surface area contributed by atoms with Crippen LogP contribution in [0.1, 0.15) is 29.6 Å². The van der Waals surface area contributed by atoms with Crippen LogP contribution in [0.5, 0.6) is 11.5 Å². The summed E-state index contributed by atoms with van der Waals surface area (Å²) in [5, 5.41) is 3.44. The van der Waals surface area contributed by atoms with E-state index in [4.69, 9.17) is 9.47 Å². The number of nitrogens with zero attached hydrogens (tertiary/aromatic N) is 3. The summed E-state index contributed by atoms with van der Waals surface area (Å²) in [6.45, 7) is 4.00. The number of anilines is 1. The van der Waals surface area contributed by atoms with Crippen LogP contribution in [0, 0.1) is 0 Å². The van der Waals surface area contributed by atoms with Gasteiger partial charge in [-0.25, -0.2) is 4.98 Å². The zero-order valence-corrected chi connectivity index (χ0v) is 18.6. The molecule has 32 heavy (non-hydrogen) atoms. The molecule has 1 N–H and O–H groups in total. The molecule has 0 spiro atoms. The number of nitrogens with one attached hydrogen (secondary N) is 1. The minimum absolute atomic E-state index is 0.00141. The molecule has 0 aliphatic carbocycles. The van der Waals surface area contributed by atoms with E-state index in [0.29, 0.717) is 33.8 Å². The highest BCUT2D eigenvalue weighted by Gasteiger charge is 2.32. The molecule has 1 aromatic heterocycles. The van der Waals surface area contributed by atoms with Gasteiger partial charge in [0.1, 0.15) is 5.03 Å². The van der Waals surface area contributed by atoms with Crippen molar-refractivity contribution in [3.63, 3.8) is 0 Å². The Morgan fingerprint density at radius 1 is 1.12 bits per heavy atom. The lowest BCUT2D eigenvalue weighted by Gasteiger charge is -2.24. The fourth-order valence-electron chi connectivity index (χ4n) is 4.48. The molecule has 0 radical (unpaired) electrons. The molecule has 3 aliphatic rings. The van der Waals surface area contributed by atoms with Crippen LogP contribution >= 0.6 is 11.8 Å². The third-order valence-electron chi connectivity index (χ3n) is 6.11. The van der Waals surface area contributed by atoms with Crippen molar-refractivity contribution in [2.24, 2.45) is 0 Å². The predicted octanol–water partition coefficient (Wildman–Crippen LogP) is 2.85. The normalized spacial score (nSPS) is 20.0. The molecule has 2 fully saturated rings. The third kappa shape index (κ3) is 4.54. The van der Waals surface area contributed by atoms with E-state index >= 15 is 0 Å². The molecule has 0 saturated carbocycles. The van der Waals surface area contributed by atoms with Crippen LogP contribution in [0.25, 0.3) is 0 Å². The maximum absolute atomic E-state index is 13.2. The molecule has 0 bridgehead atoms. The number of likely N-dealkylation sites (tertiary alicyclic amines) is 2. The van der Waals surface area contributed by atoms with Crippen LogP contribution in [0.2, 0.25) is 0 Å². The van der Waals surface area contributed by atoms with E-state index in [2.05, 4.69) is 15.2 Å². The van der Waals surface area contributed by atoms with Crippen LogP contribution in [0.4, 0.5) is 5.69 Å². The monoisotopic (exact) mass is 454 g/mol. The Labute approximate surface area is 191 Å². The van der Waals surface area contributed by atoms with Gasteiger partial charge in [-0.05, 0) is 56.6 Å². The van der Waals surface area contributed by atoms with Crippen LogP contribution in [0.3, 0.4) is 0 Å². The number of thioether (sulfide) groups is 1. The largest absolute Gasteiger partial charge is 0.454 e. The van der Waals surface area contributed by atoms with Crippen molar-refractivity contribution in [1.29, 1.82) is 0 Å². The van der Waals surface area contributed by atoms with Crippen molar-refractivity contribution in [3.8, 4) is 11.5 Å². The van der Waals surface area contributed by atoms with Crippen LogP contribution < -0.4 is 14.8 Å². The van der Waals surface area contributed by atoms with Gasteiger partial charge in [-0.1, -0.05) is 11.8 Å². The SMILES string of the molecule is O=C(CSc1ncccc1C(=O)N1CCC(N2CCCC2)C1)Nc1ccc2c(c1)OCO2. The third-order valence-corrected chi connectivity index (χ3v) is 7.11. The predicted molar refractivity (Wildman–Crippen MR) is 121 cm³/mol. The highest BCUT2D eigenvalue weighted by atomic mass is 32.2. The molecule has 4 heterocycles. The quantitative estimate of drug-likeness (QED) is 0.672. The number of hydrogen-bond acceptors (Lipinski definition) is 7. The average Bonchev–Trinajstić information content (AvgIpc) is 3.58. The van der Waals surface area contributed by atoms with Crippen molar-refractivity contribution in [3.05, 3.63) is 42.1 Å². The molecular formula is C23H26N4O4S. The van der Waals surface area contributed by atoms with Gasteiger partial charge in [-0.15, -0.1) is 0 Å². The highest BCUT2D eigenvalue weighted by molar-refractivity contribution is 8.00. The number of rotatable bonds is 6. The van der Waals surface area contributed by atoms with Crippen molar-refractivity contribution in [2.75, 3.05) is 44.0 Å². The molecule has 5 rings (SSSR count). The van der Waals surface area contributed by atoms with Gasteiger partial charge >= 0.3 is 0 Å². The lowest BCUT2D eigenvalue weighted by Crippen LogP contribution is -2.37. The molecule has 2 saturated heterocycles. The molecule has 1 aromatic carbocycles. The van der Waals surface area contributed by atoms with E-state index in [9.17, 15) is 9.59 Å². The molecule has 9 heteroatoms. The van der Waals surface area contributed by atoms with Gasteiger partial charge < -0.3 is 19.7 Å². The van der Waals surface area contributed by atoms with E-state index in [1.165, 1.54) is 24.6 Å². The first-order chi connectivity index (χ1) is 15.7. The lowest BCUT2D eigenvalue weighted by molar-refractivity contribution is -0.113. The minimum Gasteiger partial charge on any atom is -0.454 e. The van der Waals surface area contributed by atoms with E-state index in [-0.39, 0.29) is 24.4 Å². The molecular weight excluding hydrogens is 428 g/mol. The average molecular weight is 455 g/mol. The van der Waals surface area contributed by atoms with Crippen molar-refractivity contribution in [1.82, 2.24) is 14.8 Å². The summed E-state index contributed by atoms with van der Waals surface area (Å²) in [6, 6.07) is 9.32. The lowest BCUT2D eigenvalue weighted by atomic mass is 10.2. The number of benzene rings is 1. The summed E-state index contributed by atoms with van der Waals surface area (Å²) in [4.78, 5) is 34.5. The Morgan fingerprint density at radius 3 is 2.84 bits per heavy atom. The Bertz CT molecular complexity index is 1010. The van der Waals surface area contributed by atoms with Gasteiger partial charge in [0.2, 0.25) is 12.7 Å². The maximum Gasteiger partial charge on any atom is 0.256 e. The number of aromatic nitrogens is 1. The second-order valence-corrected chi connectivity index (χ2v) is 9.16. The number of pyridine rings is 1. The summed E-state index contributed by atoms with van der Waals surface area (Å²) >= 11 is 1.28. The fraction of sp³-hybridized carbons (Fsp3) is 0.435. The topological polar surface area (TPSA) is 84.0 Å². The second-order valence-electron chi connectivity index (χ2n) is 8.20.